The fourth-order valence-electron chi connectivity index (χ4n) is 1.10. The van der Waals surface area contributed by atoms with Gasteiger partial charge in [0.15, 0.2) is 0 Å². The van der Waals surface area contributed by atoms with E-state index in [2.05, 4.69) is 5.16 Å². The number of thioether (sulfide) groups is 1. The van der Waals surface area contributed by atoms with Crippen molar-refractivity contribution in [2.45, 2.75) is 24.0 Å². The van der Waals surface area contributed by atoms with E-state index in [4.69, 9.17) is 21.5 Å². The third-order valence-electron chi connectivity index (χ3n) is 1.78. The summed E-state index contributed by atoms with van der Waals surface area (Å²) in [4.78, 5) is 11.4. The number of nitrogens with zero attached hydrogens (tertiary/aromatic N) is 1. The van der Waals surface area contributed by atoms with E-state index in [9.17, 15) is 4.79 Å². The normalized spacial score (nSPS) is 29.4. The van der Waals surface area contributed by atoms with Crippen LogP contribution in [0.25, 0.3) is 0 Å². The van der Waals surface area contributed by atoms with Gasteiger partial charge in [-0.25, -0.2) is 0 Å². The number of carbonyl (C=O) groups is 1. The fraction of sp³-hybridized carbons (Fsp3) is 0.750. The van der Waals surface area contributed by atoms with E-state index in [1.807, 2.05) is 6.92 Å². The second-order valence-electron chi connectivity index (χ2n) is 2.87. The second-order valence-corrected chi connectivity index (χ2v) is 4.54. The van der Waals surface area contributed by atoms with Crippen molar-refractivity contribution in [3.63, 3.8) is 0 Å². The van der Waals surface area contributed by atoms with Gasteiger partial charge < -0.3 is 9.94 Å². The molecule has 0 aliphatic carbocycles. The van der Waals surface area contributed by atoms with Crippen molar-refractivity contribution in [3.8, 4) is 0 Å². The number of hydrogen-bond donors (Lipinski definition) is 1. The smallest absolute Gasteiger partial charge is 0.325 e. The lowest BCUT2D eigenvalue weighted by Crippen LogP contribution is -2.29. The highest BCUT2D eigenvalue weighted by Gasteiger charge is 2.38. The Morgan fingerprint density at radius 1 is 1.86 bits per heavy atom. The lowest BCUT2D eigenvalue weighted by molar-refractivity contribution is -0.141. The molecule has 0 bridgehead atoms. The molecule has 4 nitrogen and oxygen atoms in total. The Balaban J connectivity index is 2.56. The quantitative estimate of drug-likeness (QED) is 0.350. The van der Waals surface area contributed by atoms with Crippen LogP contribution in [0.4, 0.5) is 0 Å². The Labute approximate surface area is 91.6 Å². The minimum Gasteiger partial charge on any atom is -0.465 e. The number of esters is 1. The SMILES string of the molecule is CCCOC(=O)C1SCC(Cl)/C1=N\O. The van der Waals surface area contributed by atoms with Gasteiger partial charge in [-0.2, -0.15) is 0 Å². The Kier molecular flexibility index (Phi) is 4.54. The third kappa shape index (κ3) is 2.54. The van der Waals surface area contributed by atoms with Crippen LogP contribution in [0.1, 0.15) is 13.3 Å². The van der Waals surface area contributed by atoms with E-state index < -0.39 is 5.25 Å². The van der Waals surface area contributed by atoms with Crippen molar-refractivity contribution in [2.75, 3.05) is 12.4 Å². The van der Waals surface area contributed by atoms with Gasteiger partial charge in [0, 0.05) is 5.75 Å². The Morgan fingerprint density at radius 2 is 2.57 bits per heavy atom. The van der Waals surface area contributed by atoms with E-state index >= 15 is 0 Å². The number of ether oxygens (including phenoxy) is 1. The maximum absolute atomic E-state index is 11.4. The van der Waals surface area contributed by atoms with Crippen LogP contribution in [0.3, 0.4) is 0 Å². The first-order chi connectivity index (χ1) is 6.70. The lowest BCUT2D eigenvalue weighted by Gasteiger charge is -2.08. The van der Waals surface area contributed by atoms with Gasteiger partial charge in [-0.3, -0.25) is 4.79 Å². The van der Waals surface area contributed by atoms with Crippen LogP contribution in [0.15, 0.2) is 5.16 Å². The van der Waals surface area contributed by atoms with Gasteiger partial charge in [0.2, 0.25) is 0 Å². The van der Waals surface area contributed by atoms with Crippen molar-refractivity contribution in [1.29, 1.82) is 0 Å². The summed E-state index contributed by atoms with van der Waals surface area (Å²) in [6, 6.07) is 0. The zero-order chi connectivity index (χ0) is 10.6. The van der Waals surface area contributed by atoms with Crippen LogP contribution in [-0.4, -0.2) is 39.9 Å². The van der Waals surface area contributed by atoms with E-state index in [-0.39, 0.29) is 11.3 Å². The molecule has 2 unspecified atom stereocenters. The zero-order valence-electron chi connectivity index (χ0n) is 7.77. The summed E-state index contributed by atoms with van der Waals surface area (Å²) in [6.45, 7) is 2.31. The van der Waals surface area contributed by atoms with Gasteiger partial charge in [0.05, 0.1) is 17.7 Å². The average molecular weight is 238 g/mol. The molecule has 1 saturated heterocycles. The zero-order valence-corrected chi connectivity index (χ0v) is 9.35. The number of carbonyl (C=O) groups excluding carboxylic acids is 1. The Morgan fingerprint density at radius 3 is 3.14 bits per heavy atom. The van der Waals surface area contributed by atoms with Crippen LogP contribution in [-0.2, 0) is 9.53 Å². The van der Waals surface area contributed by atoms with Gasteiger partial charge in [0.25, 0.3) is 0 Å². The average Bonchev–Trinajstić information content (AvgIpc) is 2.55. The van der Waals surface area contributed by atoms with Crippen LogP contribution >= 0.6 is 23.4 Å². The van der Waals surface area contributed by atoms with E-state index in [0.29, 0.717) is 18.1 Å². The molecule has 6 heteroatoms. The molecular weight excluding hydrogens is 226 g/mol. The van der Waals surface area contributed by atoms with E-state index in [1.54, 1.807) is 0 Å². The molecule has 1 heterocycles. The van der Waals surface area contributed by atoms with Crippen LogP contribution in [0, 0.1) is 0 Å². The molecule has 0 amide bonds. The Hall–Kier alpha value is -0.420. The van der Waals surface area contributed by atoms with Crippen LogP contribution in [0.2, 0.25) is 0 Å². The number of rotatable bonds is 3. The molecule has 80 valence electrons. The first-order valence-electron chi connectivity index (χ1n) is 4.34. The Bertz CT molecular complexity index is 247. The van der Waals surface area contributed by atoms with Crippen molar-refractivity contribution in [1.82, 2.24) is 0 Å². The summed E-state index contributed by atoms with van der Waals surface area (Å²) >= 11 is 7.18. The summed E-state index contributed by atoms with van der Waals surface area (Å²) in [7, 11) is 0. The molecule has 0 radical (unpaired) electrons. The van der Waals surface area contributed by atoms with E-state index in [0.717, 1.165) is 6.42 Å². The third-order valence-corrected chi connectivity index (χ3v) is 3.63. The predicted molar refractivity (Wildman–Crippen MR) is 56.4 cm³/mol. The first-order valence-corrected chi connectivity index (χ1v) is 5.83. The predicted octanol–water partition coefficient (Wildman–Crippen LogP) is 1.49. The summed E-state index contributed by atoms with van der Waals surface area (Å²) in [5.41, 5.74) is 0.303. The highest BCUT2D eigenvalue weighted by Crippen LogP contribution is 2.29. The summed E-state index contributed by atoms with van der Waals surface area (Å²) in [5, 5.41) is 10.8. The van der Waals surface area contributed by atoms with Crippen molar-refractivity contribution in [2.24, 2.45) is 5.16 Å². The molecule has 1 N–H and O–H groups in total. The molecule has 1 rings (SSSR count). The van der Waals surface area contributed by atoms with Gasteiger partial charge in [0.1, 0.15) is 5.25 Å². The van der Waals surface area contributed by atoms with Gasteiger partial charge in [-0.05, 0) is 6.42 Å². The molecule has 1 aliphatic heterocycles. The van der Waals surface area contributed by atoms with Crippen LogP contribution in [0.5, 0.6) is 0 Å². The molecule has 0 saturated carbocycles. The van der Waals surface area contributed by atoms with Crippen molar-refractivity contribution < 1.29 is 14.7 Å². The molecule has 1 fully saturated rings. The standard InChI is InChI=1S/C8H12ClNO3S/c1-2-3-13-8(11)7-6(10-12)5(9)4-14-7/h5,7,12H,2-4H2,1H3/b10-6+. The van der Waals surface area contributed by atoms with Gasteiger partial charge >= 0.3 is 5.97 Å². The lowest BCUT2D eigenvalue weighted by atomic mass is 10.2. The first kappa shape index (κ1) is 11.7. The minimum atomic E-state index is -0.533. The summed E-state index contributed by atoms with van der Waals surface area (Å²) in [6.07, 6.45) is 0.777. The minimum absolute atomic E-state index is 0.303. The molecule has 1 aliphatic rings. The summed E-state index contributed by atoms with van der Waals surface area (Å²) in [5.74, 6) is 0.208. The maximum atomic E-state index is 11.4. The van der Waals surface area contributed by atoms with Crippen molar-refractivity contribution in [3.05, 3.63) is 0 Å². The maximum Gasteiger partial charge on any atom is 0.325 e. The van der Waals surface area contributed by atoms with Crippen molar-refractivity contribution >= 4 is 35.0 Å². The molecule has 0 aromatic rings. The number of alkyl halides is 1. The highest BCUT2D eigenvalue weighted by atomic mass is 35.5. The molecule has 0 aromatic heterocycles. The number of halogens is 1. The van der Waals surface area contributed by atoms with E-state index in [1.165, 1.54) is 11.8 Å². The highest BCUT2D eigenvalue weighted by molar-refractivity contribution is 8.02. The number of hydrogen-bond acceptors (Lipinski definition) is 5. The fourth-order valence-corrected chi connectivity index (χ4v) is 2.68. The molecule has 2 atom stereocenters. The second kappa shape index (κ2) is 5.46. The monoisotopic (exact) mass is 237 g/mol. The molecule has 14 heavy (non-hydrogen) atoms. The van der Waals surface area contributed by atoms with Gasteiger partial charge in [-0.15, -0.1) is 23.4 Å². The molecule has 0 aromatic carbocycles. The molecule has 0 spiro atoms. The largest absolute Gasteiger partial charge is 0.465 e. The number of oxime groups is 1. The summed E-state index contributed by atoms with van der Waals surface area (Å²) < 4.78 is 4.95. The van der Waals surface area contributed by atoms with Gasteiger partial charge in [-0.1, -0.05) is 12.1 Å². The molecular formula is C8H12ClNO3S. The van der Waals surface area contributed by atoms with Crippen LogP contribution < -0.4 is 0 Å². The topological polar surface area (TPSA) is 58.9 Å².